The van der Waals surface area contributed by atoms with Crippen molar-refractivity contribution < 1.29 is 4.79 Å². The maximum Gasteiger partial charge on any atom is 0.272 e. The second-order valence-electron chi connectivity index (χ2n) is 5.50. The first kappa shape index (κ1) is 14.4. The van der Waals surface area contributed by atoms with Gasteiger partial charge in [0.1, 0.15) is 0 Å². The van der Waals surface area contributed by atoms with Crippen molar-refractivity contribution in [2.75, 3.05) is 5.73 Å². The van der Waals surface area contributed by atoms with Crippen molar-refractivity contribution in [3.8, 4) is 0 Å². The molecule has 0 radical (unpaired) electrons. The molecule has 0 aliphatic carbocycles. The van der Waals surface area contributed by atoms with E-state index in [9.17, 15) is 4.79 Å². The Morgan fingerprint density at radius 3 is 2.90 bits per heavy atom. The van der Waals surface area contributed by atoms with Gasteiger partial charge in [-0.2, -0.15) is 5.10 Å². The van der Waals surface area contributed by atoms with E-state index in [-0.39, 0.29) is 11.9 Å². The number of hydrogen-bond donors (Lipinski definition) is 3. The summed E-state index contributed by atoms with van der Waals surface area (Å²) >= 11 is 0. The van der Waals surface area contributed by atoms with Gasteiger partial charge in [-0.05, 0) is 37.5 Å². The first-order valence-corrected chi connectivity index (χ1v) is 7.05. The van der Waals surface area contributed by atoms with E-state index in [0.717, 1.165) is 23.7 Å². The normalized spacial score (nSPS) is 14.2. The van der Waals surface area contributed by atoms with Crippen molar-refractivity contribution in [1.29, 1.82) is 0 Å². The fourth-order valence-corrected chi connectivity index (χ4v) is 2.33. The van der Waals surface area contributed by atoms with Gasteiger partial charge in [-0.1, -0.05) is 20.3 Å². The Morgan fingerprint density at radius 1 is 1.45 bits per heavy atom. The molecule has 0 saturated carbocycles. The van der Waals surface area contributed by atoms with Crippen LogP contribution in [0.3, 0.4) is 0 Å². The summed E-state index contributed by atoms with van der Waals surface area (Å²) in [5.41, 5.74) is 7.61. The monoisotopic (exact) mass is 274 g/mol. The summed E-state index contributed by atoms with van der Waals surface area (Å²) in [4.78, 5) is 12.3. The Morgan fingerprint density at radius 2 is 2.20 bits per heavy atom. The third-order valence-corrected chi connectivity index (χ3v) is 3.63. The zero-order chi connectivity index (χ0) is 14.7. The minimum Gasteiger partial charge on any atom is -0.399 e. The summed E-state index contributed by atoms with van der Waals surface area (Å²) in [5.74, 6) is 0.439. The number of rotatable bonds is 5. The lowest BCUT2D eigenvalue weighted by atomic mass is 10.0. The van der Waals surface area contributed by atoms with Crippen LogP contribution in [-0.4, -0.2) is 22.1 Å². The summed E-state index contributed by atoms with van der Waals surface area (Å²) in [6.07, 6.45) is 2.08. The summed E-state index contributed by atoms with van der Waals surface area (Å²) in [7, 11) is 0. The van der Waals surface area contributed by atoms with Gasteiger partial charge in [0.15, 0.2) is 5.69 Å². The molecule has 0 aliphatic heterocycles. The molecule has 1 heterocycles. The average molecular weight is 274 g/mol. The molecule has 1 amide bonds. The number of nitrogens with zero attached hydrogens (tertiary/aromatic N) is 1. The first-order chi connectivity index (χ1) is 9.51. The number of aromatic amines is 1. The van der Waals surface area contributed by atoms with Gasteiger partial charge < -0.3 is 11.1 Å². The number of nitrogens with one attached hydrogen (secondary N) is 2. The molecule has 0 spiro atoms. The average Bonchev–Trinajstić information content (AvgIpc) is 2.81. The molecule has 2 unspecified atom stereocenters. The number of aromatic nitrogens is 2. The van der Waals surface area contributed by atoms with E-state index in [1.165, 1.54) is 0 Å². The molecule has 5 nitrogen and oxygen atoms in total. The third kappa shape index (κ3) is 3.10. The summed E-state index contributed by atoms with van der Waals surface area (Å²) in [6, 6.07) is 5.52. The van der Waals surface area contributed by atoms with E-state index in [0.29, 0.717) is 17.3 Å². The van der Waals surface area contributed by atoms with E-state index >= 15 is 0 Å². The number of carbonyl (C=O) groups is 1. The predicted octanol–water partition coefficient (Wildman–Crippen LogP) is 2.70. The number of amides is 1. The second-order valence-corrected chi connectivity index (χ2v) is 5.50. The number of anilines is 1. The van der Waals surface area contributed by atoms with Gasteiger partial charge >= 0.3 is 0 Å². The fraction of sp³-hybridized carbons (Fsp3) is 0.467. The number of nitrogens with two attached hydrogens (primary N) is 1. The van der Waals surface area contributed by atoms with Crippen LogP contribution in [-0.2, 0) is 0 Å². The summed E-state index contributed by atoms with van der Waals surface area (Å²) in [5, 5.41) is 10.7. The molecular weight excluding hydrogens is 252 g/mol. The van der Waals surface area contributed by atoms with Crippen molar-refractivity contribution >= 4 is 22.5 Å². The van der Waals surface area contributed by atoms with E-state index < -0.39 is 0 Å². The molecule has 0 aliphatic rings. The van der Waals surface area contributed by atoms with Crippen LogP contribution in [0.2, 0.25) is 0 Å². The minimum absolute atomic E-state index is 0.130. The number of carbonyl (C=O) groups excluding carboxylic acids is 1. The highest BCUT2D eigenvalue weighted by molar-refractivity contribution is 6.05. The van der Waals surface area contributed by atoms with Gasteiger partial charge in [0, 0.05) is 17.1 Å². The van der Waals surface area contributed by atoms with Crippen molar-refractivity contribution in [3.63, 3.8) is 0 Å². The lowest BCUT2D eigenvalue weighted by Gasteiger charge is -2.16. The Hall–Kier alpha value is -2.04. The van der Waals surface area contributed by atoms with Gasteiger partial charge in [-0.15, -0.1) is 0 Å². The van der Waals surface area contributed by atoms with Crippen LogP contribution in [0.5, 0.6) is 0 Å². The SMILES string of the molecule is CCC(C)CC(C)NC(=O)c1n[nH]c2ccc(N)cc12. The van der Waals surface area contributed by atoms with Crippen LogP contribution in [0.15, 0.2) is 18.2 Å². The van der Waals surface area contributed by atoms with E-state index in [4.69, 9.17) is 5.73 Å². The lowest BCUT2D eigenvalue weighted by Crippen LogP contribution is -2.34. The van der Waals surface area contributed by atoms with Crippen molar-refractivity contribution in [3.05, 3.63) is 23.9 Å². The topological polar surface area (TPSA) is 83.8 Å². The largest absolute Gasteiger partial charge is 0.399 e. The molecule has 2 atom stereocenters. The summed E-state index contributed by atoms with van der Waals surface area (Å²) in [6.45, 7) is 6.36. The number of benzene rings is 1. The fourth-order valence-electron chi connectivity index (χ4n) is 2.33. The molecule has 2 rings (SSSR count). The molecule has 0 bridgehead atoms. The van der Waals surface area contributed by atoms with Crippen LogP contribution in [0.1, 0.15) is 44.1 Å². The Balaban J connectivity index is 2.13. The number of H-pyrrole nitrogens is 1. The molecule has 1 aromatic heterocycles. The van der Waals surface area contributed by atoms with Gasteiger partial charge in [-0.3, -0.25) is 9.89 Å². The molecule has 20 heavy (non-hydrogen) atoms. The molecule has 108 valence electrons. The molecule has 2 aromatic rings. The number of nitrogen functional groups attached to an aromatic ring is 1. The highest BCUT2D eigenvalue weighted by Gasteiger charge is 2.17. The van der Waals surface area contributed by atoms with Gasteiger partial charge in [-0.25, -0.2) is 0 Å². The van der Waals surface area contributed by atoms with Crippen LogP contribution in [0.25, 0.3) is 10.9 Å². The Bertz CT molecular complexity index is 605. The maximum absolute atomic E-state index is 12.3. The van der Waals surface area contributed by atoms with Gasteiger partial charge in [0.2, 0.25) is 0 Å². The van der Waals surface area contributed by atoms with E-state index in [1.54, 1.807) is 12.1 Å². The second kappa shape index (κ2) is 5.94. The highest BCUT2D eigenvalue weighted by atomic mass is 16.2. The molecule has 4 N–H and O–H groups in total. The molecular formula is C15H22N4O. The Labute approximate surface area is 118 Å². The van der Waals surface area contributed by atoms with E-state index in [2.05, 4.69) is 29.4 Å². The van der Waals surface area contributed by atoms with Crippen LogP contribution in [0.4, 0.5) is 5.69 Å². The number of hydrogen-bond acceptors (Lipinski definition) is 3. The zero-order valence-electron chi connectivity index (χ0n) is 12.2. The minimum atomic E-state index is -0.155. The maximum atomic E-state index is 12.3. The Kier molecular flexibility index (Phi) is 4.27. The lowest BCUT2D eigenvalue weighted by molar-refractivity contribution is 0.0932. The molecule has 1 aromatic carbocycles. The van der Waals surface area contributed by atoms with Crippen molar-refractivity contribution in [2.24, 2.45) is 5.92 Å². The standard InChI is InChI=1S/C15H22N4O/c1-4-9(2)7-10(3)17-15(20)14-12-8-11(16)5-6-13(12)18-19-14/h5-6,8-10H,4,7,16H2,1-3H3,(H,17,20)(H,18,19). The number of fused-ring (bicyclic) bond motifs is 1. The van der Waals surface area contributed by atoms with Crippen molar-refractivity contribution in [1.82, 2.24) is 15.5 Å². The van der Waals surface area contributed by atoms with Gasteiger partial charge in [0.05, 0.1) is 5.52 Å². The van der Waals surface area contributed by atoms with Crippen molar-refractivity contribution in [2.45, 2.75) is 39.7 Å². The van der Waals surface area contributed by atoms with E-state index in [1.807, 2.05) is 13.0 Å². The summed E-state index contributed by atoms with van der Waals surface area (Å²) < 4.78 is 0. The smallest absolute Gasteiger partial charge is 0.272 e. The first-order valence-electron chi connectivity index (χ1n) is 7.05. The highest BCUT2D eigenvalue weighted by Crippen LogP contribution is 2.19. The molecule has 5 heteroatoms. The zero-order valence-corrected chi connectivity index (χ0v) is 12.2. The van der Waals surface area contributed by atoms with Crippen LogP contribution < -0.4 is 11.1 Å². The quantitative estimate of drug-likeness (QED) is 0.733. The van der Waals surface area contributed by atoms with Gasteiger partial charge in [0.25, 0.3) is 5.91 Å². The molecule has 0 saturated heterocycles. The van der Waals surface area contributed by atoms with Crippen LogP contribution in [0, 0.1) is 5.92 Å². The predicted molar refractivity (Wildman–Crippen MR) is 81.5 cm³/mol. The molecule has 0 fully saturated rings. The van der Waals surface area contributed by atoms with Crippen LogP contribution >= 0.6 is 0 Å². The third-order valence-electron chi connectivity index (χ3n) is 3.63.